The van der Waals surface area contributed by atoms with Crippen molar-refractivity contribution in [2.45, 2.75) is 24.3 Å². The lowest BCUT2D eigenvalue weighted by Gasteiger charge is -2.46. The zero-order chi connectivity index (χ0) is 21.0. The summed E-state index contributed by atoms with van der Waals surface area (Å²) in [4.78, 5) is 30.0. The van der Waals surface area contributed by atoms with Crippen LogP contribution in [0, 0.1) is 0 Å². The van der Waals surface area contributed by atoms with Crippen LogP contribution >= 0.6 is 0 Å². The Morgan fingerprint density at radius 3 is 2.70 bits per heavy atom. The summed E-state index contributed by atoms with van der Waals surface area (Å²) >= 11 is 0. The topological polar surface area (TPSA) is 94.7 Å². The summed E-state index contributed by atoms with van der Waals surface area (Å²) in [5.74, 6) is -0.557. The summed E-state index contributed by atoms with van der Waals surface area (Å²) in [5, 5.41) is 13.4. The molecular formula is C23H21N2O5-. The lowest BCUT2D eigenvalue weighted by Crippen LogP contribution is -2.59. The van der Waals surface area contributed by atoms with Gasteiger partial charge in [0.1, 0.15) is 5.54 Å². The van der Waals surface area contributed by atoms with Crippen LogP contribution in [0.4, 0.5) is 0 Å². The van der Waals surface area contributed by atoms with Gasteiger partial charge in [0.05, 0.1) is 25.9 Å². The molecule has 0 bridgehead atoms. The van der Waals surface area contributed by atoms with Gasteiger partial charge >= 0.3 is 0 Å². The van der Waals surface area contributed by atoms with Gasteiger partial charge in [0.2, 0.25) is 5.91 Å². The number of hydrogen-bond donors (Lipinski definition) is 1. The molecule has 0 saturated carbocycles. The highest BCUT2D eigenvalue weighted by Crippen LogP contribution is 2.52. The van der Waals surface area contributed by atoms with Gasteiger partial charge in [0.25, 0.3) is 0 Å². The predicted molar refractivity (Wildman–Crippen MR) is 107 cm³/mol. The molecule has 1 amide bonds. The van der Waals surface area contributed by atoms with Gasteiger partial charge < -0.3 is 29.3 Å². The number of nitrogens with zero attached hydrogens (tertiary/aromatic N) is 1. The smallest absolute Gasteiger partial charge is 0.223 e. The molecule has 1 aromatic heterocycles. The van der Waals surface area contributed by atoms with Crippen LogP contribution in [-0.4, -0.2) is 42.5 Å². The van der Waals surface area contributed by atoms with Gasteiger partial charge in [-0.05, 0) is 24.1 Å². The first-order valence-corrected chi connectivity index (χ1v) is 9.86. The molecule has 0 unspecified atom stereocenters. The van der Waals surface area contributed by atoms with Gasteiger partial charge in [0.15, 0.2) is 11.5 Å². The average molecular weight is 405 g/mol. The second-order valence-electron chi connectivity index (χ2n) is 7.75. The van der Waals surface area contributed by atoms with Gasteiger partial charge in [-0.15, -0.1) is 0 Å². The fraction of sp³-hybridized carbons (Fsp3) is 0.304. The number of fused-ring (bicyclic) bond motifs is 5. The fourth-order valence-corrected chi connectivity index (χ4v) is 5.17. The number of carbonyl (C=O) groups is 2. The van der Waals surface area contributed by atoms with E-state index < -0.39 is 11.5 Å². The van der Waals surface area contributed by atoms with Crippen molar-refractivity contribution in [3.63, 3.8) is 0 Å². The molecule has 1 saturated heterocycles. The van der Waals surface area contributed by atoms with Crippen molar-refractivity contribution in [2.24, 2.45) is 0 Å². The van der Waals surface area contributed by atoms with E-state index in [1.807, 2.05) is 42.5 Å². The van der Waals surface area contributed by atoms with Crippen LogP contribution in [0.3, 0.4) is 0 Å². The maximum atomic E-state index is 12.8. The van der Waals surface area contributed by atoms with E-state index >= 15 is 0 Å². The van der Waals surface area contributed by atoms with E-state index in [1.54, 1.807) is 14.2 Å². The second kappa shape index (κ2) is 6.52. The van der Waals surface area contributed by atoms with Gasteiger partial charge in [-0.1, -0.05) is 30.3 Å². The minimum atomic E-state index is -1.48. The predicted octanol–water partition coefficient (Wildman–Crippen LogP) is 1.90. The number of carboxylic acids is 1. The minimum Gasteiger partial charge on any atom is -0.547 e. The Hall–Kier alpha value is -3.48. The molecule has 1 fully saturated rings. The summed E-state index contributed by atoms with van der Waals surface area (Å²) < 4.78 is 11.1. The molecule has 7 nitrogen and oxygen atoms in total. The average Bonchev–Trinajstić information content (AvgIpc) is 3.31. The Balaban J connectivity index is 1.84. The number of nitrogens with one attached hydrogen (secondary N) is 1. The first kappa shape index (κ1) is 18.5. The van der Waals surface area contributed by atoms with Crippen LogP contribution in [0.5, 0.6) is 11.5 Å². The van der Waals surface area contributed by atoms with Crippen LogP contribution in [0.25, 0.3) is 10.9 Å². The molecule has 3 heterocycles. The van der Waals surface area contributed by atoms with E-state index in [0.29, 0.717) is 17.2 Å². The van der Waals surface area contributed by atoms with Crippen LogP contribution in [0.2, 0.25) is 0 Å². The van der Waals surface area contributed by atoms with Crippen molar-refractivity contribution in [3.8, 4) is 11.5 Å². The van der Waals surface area contributed by atoms with Crippen molar-refractivity contribution in [1.29, 1.82) is 0 Å². The number of aliphatic carboxylic acids is 1. The van der Waals surface area contributed by atoms with Gasteiger partial charge in [-0.25, -0.2) is 0 Å². The highest BCUT2D eigenvalue weighted by molar-refractivity contribution is 5.96. The molecule has 7 heteroatoms. The Kier molecular flexibility index (Phi) is 4.03. The van der Waals surface area contributed by atoms with Gasteiger partial charge in [-0.2, -0.15) is 0 Å². The number of para-hydroxylation sites is 2. The number of H-pyrrole nitrogens is 1. The van der Waals surface area contributed by atoms with Crippen molar-refractivity contribution in [2.75, 3.05) is 20.8 Å². The zero-order valence-electron chi connectivity index (χ0n) is 16.7. The highest BCUT2D eigenvalue weighted by atomic mass is 16.5. The quantitative estimate of drug-likeness (QED) is 0.715. The summed E-state index contributed by atoms with van der Waals surface area (Å²) in [6.45, 7) is 0.227. The largest absolute Gasteiger partial charge is 0.547 e. The molecule has 0 radical (unpaired) electrons. The number of benzene rings is 2. The number of methoxy groups -OCH3 is 2. The number of aromatic amines is 1. The van der Waals surface area contributed by atoms with Crippen molar-refractivity contribution in [3.05, 3.63) is 59.3 Å². The molecule has 154 valence electrons. The third-order valence-electron chi connectivity index (χ3n) is 6.48. The Bertz CT molecular complexity index is 1180. The van der Waals surface area contributed by atoms with Crippen LogP contribution in [-0.2, 0) is 15.1 Å². The van der Waals surface area contributed by atoms with E-state index in [1.165, 1.54) is 4.90 Å². The SMILES string of the molecule is COc1cccc([C@@H]2CN3C(=O)CC[C@@]3(C(=O)[O-])c3[nH]c4ccccc4c32)c1OC. The number of amides is 1. The molecule has 2 aromatic carbocycles. The molecule has 2 aliphatic heterocycles. The second-order valence-corrected chi connectivity index (χ2v) is 7.75. The van der Waals surface area contributed by atoms with Crippen LogP contribution in [0.15, 0.2) is 42.5 Å². The number of ether oxygens (including phenoxy) is 2. The van der Waals surface area contributed by atoms with Crippen molar-refractivity contribution >= 4 is 22.8 Å². The summed E-state index contributed by atoms with van der Waals surface area (Å²) in [5.41, 5.74) is 1.59. The Labute approximate surface area is 173 Å². The number of hydrogen-bond acceptors (Lipinski definition) is 5. The number of rotatable bonds is 4. The maximum absolute atomic E-state index is 12.8. The number of carbonyl (C=O) groups excluding carboxylic acids is 2. The summed E-state index contributed by atoms with van der Waals surface area (Å²) in [6.07, 6.45) is 0.362. The van der Waals surface area contributed by atoms with Crippen molar-refractivity contribution < 1.29 is 24.2 Å². The first-order valence-electron chi connectivity index (χ1n) is 9.86. The zero-order valence-corrected chi connectivity index (χ0v) is 16.7. The molecule has 2 atom stereocenters. The molecule has 3 aromatic rings. The minimum absolute atomic E-state index is 0.171. The standard InChI is InChI=1S/C23H22N2O5/c1-29-17-9-5-7-13(20(17)30-2)15-12-25-18(26)10-11-23(25,22(27)28)21-19(15)14-6-3-4-8-16(14)24-21/h3-9,15,24H,10-12H2,1-2H3,(H,27,28)/p-1/t15-,23-/m0/s1. The van der Waals surface area contributed by atoms with Gasteiger partial charge in [-0.3, -0.25) is 4.79 Å². The summed E-state index contributed by atoms with van der Waals surface area (Å²) in [7, 11) is 3.15. The lowest BCUT2D eigenvalue weighted by molar-refractivity contribution is -0.319. The van der Waals surface area contributed by atoms with Crippen molar-refractivity contribution in [1.82, 2.24) is 9.88 Å². The molecule has 0 aliphatic carbocycles. The molecular weight excluding hydrogens is 384 g/mol. The Morgan fingerprint density at radius 2 is 1.97 bits per heavy atom. The van der Waals surface area contributed by atoms with E-state index in [0.717, 1.165) is 22.0 Å². The third-order valence-corrected chi connectivity index (χ3v) is 6.48. The fourth-order valence-electron chi connectivity index (χ4n) is 5.17. The third kappa shape index (κ3) is 2.26. The Morgan fingerprint density at radius 1 is 1.17 bits per heavy atom. The van der Waals surface area contributed by atoms with Gasteiger partial charge in [0, 0.05) is 35.3 Å². The molecule has 0 spiro atoms. The summed E-state index contributed by atoms with van der Waals surface area (Å²) in [6, 6.07) is 13.3. The normalized spacial score (nSPS) is 22.7. The molecule has 1 N–H and O–H groups in total. The van der Waals surface area contributed by atoms with E-state index in [2.05, 4.69) is 4.98 Å². The van der Waals surface area contributed by atoms with E-state index in [9.17, 15) is 14.7 Å². The lowest BCUT2D eigenvalue weighted by atomic mass is 9.77. The number of carboxylic acid groups (broad SMARTS) is 1. The van der Waals surface area contributed by atoms with Crippen LogP contribution in [0.1, 0.15) is 35.6 Å². The number of aromatic nitrogens is 1. The molecule has 30 heavy (non-hydrogen) atoms. The van der Waals surface area contributed by atoms with Crippen LogP contribution < -0.4 is 14.6 Å². The van der Waals surface area contributed by atoms with E-state index in [4.69, 9.17) is 9.47 Å². The highest BCUT2D eigenvalue weighted by Gasteiger charge is 2.55. The first-order chi connectivity index (χ1) is 14.5. The van der Waals surface area contributed by atoms with E-state index in [-0.39, 0.29) is 31.2 Å². The monoisotopic (exact) mass is 405 g/mol. The molecule has 5 rings (SSSR count). The maximum Gasteiger partial charge on any atom is 0.223 e. The molecule has 2 aliphatic rings.